The Hall–Kier alpha value is -0.350. The highest BCUT2D eigenvalue weighted by Gasteiger charge is 2.19. The molecule has 1 aliphatic rings. The third kappa shape index (κ3) is 1.41. The molecule has 0 atom stereocenters. The topological polar surface area (TPSA) is 0 Å². The summed E-state index contributed by atoms with van der Waals surface area (Å²) in [6.07, 6.45) is 4.40. The summed E-state index contributed by atoms with van der Waals surface area (Å²) in [5.74, 6) is 0. The minimum atomic E-state index is 0.274. The average Bonchev–Trinajstić information content (AvgIpc) is 1.91. The van der Waals surface area contributed by atoms with Gasteiger partial charge in [0.2, 0.25) is 0 Å². The van der Waals surface area contributed by atoms with Crippen molar-refractivity contribution >= 4 is 13.2 Å². The molecule has 0 spiro atoms. The van der Waals surface area contributed by atoms with Gasteiger partial charge >= 0.3 is 0 Å². The first kappa shape index (κ1) is 8.26. The first-order valence-electron chi connectivity index (χ1n) is 4.59. The number of rotatable bonds is 1. The highest BCUT2D eigenvalue weighted by Crippen LogP contribution is 2.45. The number of hydrogen-bond acceptors (Lipinski definition) is 0. The molecule has 1 aliphatic heterocycles. The van der Waals surface area contributed by atoms with Crippen molar-refractivity contribution in [2.45, 2.75) is 20.3 Å². The van der Waals surface area contributed by atoms with Crippen LogP contribution in [-0.4, -0.2) is 12.3 Å². The first-order chi connectivity index (χ1) is 5.77. The Balaban J connectivity index is 2.31. The smallest absolute Gasteiger partial charge is 0.0211 e. The van der Waals surface area contributed by atoms with Gasteiger partial charge in [0.25, 0.3) is 0 Å². The van der Waals surface area contributed by atoms with Gasteiger partial charge in [0, 0.05) is 0 Å². The third-order valence-corrected chi connectivity index (χ3v) is 5.44. The van der Waals surface area contributed by atoms with E-state index in [1.54, 1.807) is 5.30 Å². The summed E-state index contributed by atoms with van der Waals surface area (Å²) in [5.41, 5.74) is 2.91. The van der Waals surface area contributed by atoms with E-state index in [2.05, 4.69) is 32.0 Å². The Morgan fingerprint density at radius 3 is 2.42 bits per heavy atom. The molecule has 0 amide bonds. The molecule has 64 valence electrons. The van der Waals surface area contributed by atoms with Gasteiger partial charge in [-0.15, -0.1) is 0 Å². The highest BCUT2D eigenvalue weighted by atomic mass is 31.1. The van der Waals surface area contributed by atoms with Gasteiger partial charge in [-0.05, 0) is 43.5 Å². The van der Waals surface area contributed by atoms with E-state index in [-0.39, 0.29) is 7.92 Å². The summed E-state index contributed by atoms with van der Waals surface area (Å²) in [7, 11) is 0.274. The largest absolute Gasteiger partial charge is 0.0750 e. The Morgan fingerprint density at radius 1 is 1.17 bits per heavy atom. The van der Waals surface area contributed by atoms with Crippen molar-refractivity contribution in [3.05, 3.63) is 29.3 Å². The van der Waals surface area contributed by atoms with Crippen molar-refractivity contribution in [1.29, 1.82) is 0 Å². The van der Waals surface area contributed by atoms with Gasteiger partial charge in [-0.1, -0.05) is 31.7 Å². The maximum absolute atomic E-state index is 2.34. The SMILES string of the molecule is Cc1ccc(P2CCC2)c(C)c1. The zero-order valence-corrected chi connectivity index (χ0v) is 8.70. The van der Waals surface area contributed by atoms with E-state index >= 15 is 0 Å². The van der Waals surface area contributed by atoms with Crippen LogP contribution in [-0.2, 0) is 0 Å². The molecule has 0 aliphatic carbocycles. The van der Waals surface area contributed by atoms with Gasteiger partial charge in [-0.3, -0.25) is 0 Å². The van der Waals surface area contributed by atoms with Crippen LogP contribution in [0, 0.1) is 13.8 Å². The lowest BCUT2D eigenvalue weighted by Crippen LogP contribution is -2.17. The normalized spacial score (nSPS) is 17.5. The molecule has 0 saturated carbocycles. The maximum Gasteiger partial charge on any atom is -0.0211 e. The number of benzene rings is 1. The van der Waals surface area contributed by atoms with Crippen LogP contribution in [0.5, 0.6) is 0 Å². The van der Waals surface area contributed by atoms with Gasteiger partial charge in [0.1, 0.15) is 0 Å². The molecule has 0 bridgehead atoms. The summed E-state index contributed by atoms with van der Waals surface area (Å²) in [5, 5.41) is 1.65. The van der Waals surface area contributed by atoms with Crippen molar-refractivity contribution in [1.82, 2.24) is 0 Å². The van der Waals surface area contributed by atoms with Gasteiger partial charge < -0.3 is 0 Å². The molecule has 1 aromatic carbocycles. The summed E-state index contributed by atoms with van der Waals surface area (Å²) >= 11 is 0. The molecule has 1 heteroatoms. The molecule has 12 heavy (non-hydrogen) atoms. The van der Waals surface area contributed by atoms with Gasteiger partial charge in [-0.25, -0.2) is 0 Å². The number of aryl methyl sites for hydroxylation is 2. The molecule has 1 saturated heterocycles. The quantitative estimate of drug-likeness (QED) is 0.580. The molecule has 2 rings (SSSR count). The van der Waals surface area contributed by atoms with E-state index in [0.29, 0.717) is 0 Å². The summed E-state index contributed by atoms with van der Waals surface area (Å²) in [6, 6.07) is 6.91. The Bertz CT molecular complexity index is 287. The van der Waals surface area contributed by atoms with E-state index < -0.39 is 0 Å². The molecule has 0 nitrogen and oxygen atoms in total. The van der Waals surface area contributed by atoms with Gasteiger partial charge in [0.05, 0.1) is 0 Å². The molecule has 0 N–H and O–H groups in total. The standard InChI is InChI=1S/C11H15P/c1-9-4-5-11(10(2)8-9)12-6-3-7-12/h4-5,8H,3,6-7H2,1-2H3. The van der Waals surface area contributed by atoms with Crippen molar-refractivity contribution in [3.63, 3.8) is 0 Å². The first-order valence-corrected chi connectivity index (χ1v) is 6.31. The zero-order chi connectivity index (χ0) is 8.55. The fourth-order valence-electron chi connectivity index (χ4n) is 1.72. The molecular weight excluding hydrogens is 163 g/mol. The fourth-order valence-corrected chi connectivity index (χ4v) is 3.68. The van der Waals surface area contributed by atoms with E-state index in [9.17, 15) is 0 Å². The summed E-state index contributed by atoms with van der Waals surface area (Å²) < 4.78 is 0. The predicted molar refractivity (Wildman–Crippen MR) is 56.8 cm³/mol. The molecule has 0 aromatic heterocycles. The second kappa shape index (κ2) is 3.18. The lowest BCUT2D eigenvalue weighted by molar-refractivity contribution is 1.03. The van der Waals surface area contributed by atoms with Gasteiger partial charge in [-0.2, -0.15) is 0 Å². The van der Waals surface area contributed by atoms with Crippen LogP contribution in [0.3, 0.4) is 0 Å². The van der Waals surface area contributed by atoms with Crippen LogP contribution in [0.4, 0.5) is 0 Å². The zero-order valence-electron chi connectivity index (χ0n) is 7.80. The molecule has 1 aromatic rings. The number of hydrogen-bond donors (Lipinski definition) is 0. The molecule has 0 radical (unpaired) electrons. The molecule has 0 unspecified atom stereocenters. The fraction of sp³-hybridized carbons (Fsp3) is 0.455. The van der Waals surface area contributed by atoms with Crippen LogP contribution < -0.4 is 5.30 Å². The van der Waals surface area contributed by atoms with Crippen molar-refractivity contribution in [2.75, 3.05) is 12.3 Å². The molecule has 1 heterocycles. The van der Waals surface area contributed by atoms with Crippen molar-refractivity contribution in [3.8, 4) is 0 Å². The van der Waals surface area contributed by atoms with E-state index in [0.717, 1.165) is 0 Å². The van der Waals surface area contributed by atoms with Crippen LogP contribution in [0.15, 0.2) is 18.2 Å². The Kier molecular flexibility index (Phi) is 2.19. The van der Waals surface area contributed by atoms with Crippen LogP contribution in [0.2, 0.25) is 0 Å². The molecule has 1 fully saturated rings. The lowest BCUT2D eigenvalue weighted by atomic mass is 10.2. The van der Waals surface area contributed by atoms with Gasteiger partial charge in [0.15, 0.2) is 0 Å². The highest BCUT2D eigenvalue weighted by molar-refractivity contribution is 7.67. The minimum Gasteiger partial charge on any atom is -0.0750 e. The Labute approximate surface area is 75.7 Å². The van der Waals surface area contributed by atoms with E-state index in [1.165, 1.54) is 29.9 Å². The van der Waals surface area contributed by atoms with E-state index in [1.807, 2.05) is 0 Å². The summed E-state index contributed by atoms with van der Waals surface area (Å²) in [6.45, 7) is 4.42. The molecular formula is C11H15P. The van der Waals surface area contributed by atoms with Crippen LogP contribution >= 0.6 is 7.92 Å². The summed E-state index contributed by atoms with van der Waals surface area (Å²) in [4.78, 5) is 0. The predicted octanol–water partition coefficient (Wildman–Crippen LogP) is 2.81. The van der Waals surface area contributed by atoms with Crippen LogP contribution in [0.1, 0.15) is 17.5 Å². The third-order valence-electron chi connectivity index (χ3n) is 2.55. The lowest BCUT2D eigenvalue weighted by Gasteiger charge is -2.28. The average molecular weight is 178 g/mol. The monoisotopic (exact) mass is 178 g/mol. The van der Waals surface area contributed by atoms with E-state index in [4.69, 9.17) is 0 Å². The second-order valence-corrected chi connectivity index (χ2v) is 6.09. The maximum atomic E-state index is 2.34. The Morgan fingerprint density at radius 2 is 1.92 bits per heavy atom. The minimum absolute atomic E-state index is 0.274. The second-order valence-electron chi connectivity index (χ2n) is 3.63. The van der Waals surface area contributed by atoms with Crippen molar-refractivity contribution in [2.24, 2.45) is 0 Å². The van der Waals surface area contributed by atoms with Crippen LogP contribution in [0.25, 0.3) is 0 Å². The van der Waals surface area contributed by atoms with Crippen molar-refractivity contribution < 1.29 is 0 Å².